The topological polar surface area (TPSA) is 86.0 Å². The zero-order chi connectivity index (χ0) is 28.4. The smallest absolute Gasteiger partial charge is 0.272 e. The predicted molar refractivity (Wildman–Crippen MR) is 165 cm³/mol. The van der Waals surface area contributed by atoms with Crippen molar-refractivity contribution in [2.75, 3.05) is 13.7 Å². The van der Waals surface area contributed by atoms with E-state index in [2.05, 4.69) is 17.5 Å². The number of furan rings is 1. The van der Waals surface area contributed by atoms with Crippen LogP contribution < -0.4 is 14.9 Å². The largest absolute Gasteiger partial charge is 0.496 e. The fourth-order valence-electron chi connectivity index (χ4n) is 4.35. The second-order valence-electron chi connectivity index (χ2n) is 9.29. The van der Waals surface area contributed by atoms with E-state index in [4.69, 9.17) is 18.9 Å². The number of pyridine rings is 1. The summed E-state index contributed by atoms with van der Waals surface area (Å²) in [6.07, 6.45) is 4.24. The first kappa shape index (κ1) is 28.0. The van der Waals surface area contributed by atoms with Crippen LogP contribution in [0, 0.1) is 0 Å². The lowest BCUT2D eigenvalue weighted by Crippen LogP contribution is -2.18. The Bertz CT molecular complexity index is 1650. The van der Waals surface area contributed by atoms with Gasteiger partial charge in [-0.05, 0) is 66.6 Å². The molecule has 8 heteroatoms. The van der Waals surface area contributed by atoms with Crippen LogP contribution >= 0.6 is 11.8 Å². The monoisotopic (exact) mass is 565 g/mol. The van der Waals surface area contributed by atoms with E-state index >= 15 is 0 Å². The molecule has 2 aromatic heterocycles. The number of amides is 1. The first-order valence-electron chi connectivity index (χ1n) is 13.4. The molecule has 5 rings (SSSR count). The number of carbonyl (C=O) groups excluding carboxylic acids is 1. The van der Waals surface area contributed by atoms with Gasteiger partial charge in [-0.3, -0.25) is 4.79 Å². The molecule has 208 valence electrons. The second kappa shape index (κ2) is 13.7. The molecular formula is C33H31N3O4S. The molecule has 5 aromatic rings. The van der Waals surface area contributed by atoms with Crippen molar-refractivity contribution in [2.45, 2.75) is 24.9 Å². The lowest BCUT2D eigenvalue weighted by atomic mass is 10.0. The number of carbonyl (C=O) groups is 1. The summed E-state index contributed by atoms with van der Waals surface area (Å²) in [5.74, 6) is 3.70. The molecule has 41 heavy (non-hydrogen) atoms. The predicted octanol–water partition coefficient (Wildman–Crippen LogP) is 7.49. The Kier molecular flexibility index (Phi) is 9.34. The van der Waals surface area contributed by atoms with Crippen LogP contribution in [0.5, 0.6) is 11.5 Å². The molecule has 2 heterocycles. The van der Waals surface area contributed by atoms with Crippen LogP contribution in [-0.4, -0.2) is 30.8 Å². The molecule has 0 saturated heterocycles. The van der Waals surface area contributed by atoms with Crippen LogP contribution in [0.25, 0.3) is 22.2 Å². The Balaban J connectivity index is 1.33. The number of para-hydroxylation sites is 1. The van der Waals surface area contributed by atoms with E-state index in [1.165, 1.54) is 0 Å². The third-order valence-corrected chi connectivity index (χ3v) is 7.33. The zero-order valence-corrected chi connectivity index (χ0v) is 23.8. The number of hydrogen-bond donors (Lipinski definition) is 1. The third-order valence-electron chi connectivity index (χ3n) is 6.33. The van der Waals surface area contributed by atoms with Gasteiger partial charge in [-0.25, -0.2) is 10.4 Å². The summed E-state index contributed by atoms with van der Waals surface area (Å²) in [6.45, 7) is 2.71. The van der Waals surface area contributed by atoms with Crippen LogP contribution in [0.15, 0.2) is 101 Å². The number of methoxy groups -OCH3 is 1. The van der Waals surface area contributed by atoms with Gasteiger partial charge >= 0.3 is 0 Å². The summed E-state index contributed by atoms with van der Waals surface area (Å²) in [4.78, 5) is 18.2. The summed E-state index contributed by atoms with van der Waals surface area (Å²) in [6, 6.07) is 26.8. The maximum atomic E-state index is 13.4. The molecule has 0 saturated carbocycles. The molecule has 0 bridgehead atoms. The van der Waals surface area contributed by atoms with Gasteiger partial charge in [-0.15, -0.1) is 11.8 Å². The average molecular weight is 566 g/mol. The highest BCUT2D eigenvalue weighted by molar-refractivity contribution is 7.97. The Labute approximate surface area is 243 Å². The maximum absolute atomic E-state index is 13.4. The fourth-order valence-corrected chi connectivity index (χ4v) is 5.26. The van der Waals surface area contributed by atoms with Gasteiger partial charge in [0.15, 0.2) is 0 Å². The van der Waals surface area contributed by atoms with Crippen LogP contribution in [-0.2, 0) is 11.5 Å². The van der Waals surface area contributed by atoms with Crippen molar-refractivity contribution >= 4 is 34.8 Å². The number of thioether (sulfide) groups is 1. The van der Waals surface area contributed by atoms with E-state index in [9.17, 15) is 4.79 Å². The molecule has 0 radical (unpaired) electrons. The van der Waals surface area contributed by atoms with Crippen molar-refractivity contribution in [2.24, 2.45) is 5.10 Å². The number of hydrogen-bond acceptors (Lipinski definition) is 7. The fraction of sp³-hybridized carbons (Fsp3) is 0.182. The van der Waals surface area contributed by atoms with Crippen molar-refractivity contribution in [3.63, 3.8) is 0 Å². The molecule has 0 aliphatic heterocycles. The quantitative estimate of drug-likeness (QED) is 0.125. The van der Waals surface area contributed by atoms with Gasteiger partial charge in [0, 0.05) is 22.3 Å². The highest BCUT2D eigenvalue weighted by atomic mass is 32.2. The van der Waals surface area contributed by atoms with E-state index in [1.54, 1.807) is 37.4 Å². The molecule has 0 aliphatic carbocycles. The Morgan fingerprint density at radius 3 is 2.76 bits per heavy atom. The van der Waals surface area contributed by atoms with Crippen LogP contribution in [0.1, 0.15) is 40.6 Å². The van der Waals surface area contributed by atoms with Gasteiger partial charge in [0.1, 0.15) is 17.3 Å². The second-order valence-corrected chi connectivity index (χ2v) is 10.3. The Morgan fingerprint density at radius 2 is 1.93 bits per heavy atom. The van der Waals surface area contributed by atoms with Crippen molar-refractivity contribution in [1.82, 2.24) is 10.4 Å². The van der Waals surface area contributed by atoms with Gasteiger partial charge in [0.25, 0.3) is 5.91 Å². The van der Waals surface area contributed by atoms with Gasteiger partial charge in [0.05, 0.1) is 48.7 Å². The minimum Gasteiger partial charge on any atom is -0.496 e. The summed E-state index contributed by atoms with van der Waals surface area (Å²) in [5.41, 5.74) is 7.36. The number of nitrogens with zero attached hydrogens (tertiary/aromatic N) is 2. The first-order valence-corrected chi connectivity index (χ1v) is 14.5. The summed E-state index contributed by atoms with van der Waals surface area (Å²) in [5, 5.41) is 5.02. The Morgan fingerprint density at radius 1 is 1.02 bits per heavy atom. The van der Waals surface area contributed by atoms with Crippen LogP contribution in [0.2, 0.25) is 0 Å². The molecule has 0 unspecified atom stereocenters. The molecule has 1 amide bonds. The number of benzene rings is 3. The Hall–Kier alpha value is -4.56. The third kappa shape index (κ3) is 7.15. The van der Waals surface area contributed by atoms with E-state index in [0.29, 0.717) is 17.9 Å². The summed E-state index contributed by atoms with van der Waals surface area (Å²) >= 11 is 1.73. The minimum absolute atomic E-state index is 0.317. The highest BCUT2D eigenvalue weighted by Crippen LogP contribution is 2.28. The molecular weight excluding hydrogens is 534 g/mol. The van der Waals surface area contributed by atoms with E-state index in [0.717, 1.165) is 62.8 Å². The lowest BCUT2D eigenvalue weighted by Gasteiger charge is -2.11. The molecule has 0 atom stereocenters. The number of hydrazone groups is 1. The highest BCUT2D eigenvalue weighted by Gasteiger charge is 2.14. The minimum atomic E-state index is -0.317. The SMILES string of the molecule is CCCOc1cccc(-c2cc(C(=O)N/N=C\c3ccc(OC)c(CSCc4ccco4)c3)c3ccccc3n2)c1. The van der Waals surface area contributed by atoms with Crippen LogP contribution in [0.3, 0.4) is 0 Å². The van der Waals surface area contributed by atoms with Crippen molar-refractivity contribution in [1.29, 1.82) is 0 Å². The normalized spacial score (nSPS) is 11.2. The zero-order valence-electron chi connectivity index (χ0n) is 23.0. The maximum Gasteiger partial charge on any atom is 0.272 e. The summed E-state index contributed by atoms with van der Waals surface area (Å²) < 4.78 is 16.8. The molecule has 7 nitrogen and oxygen atoms in total. The number of fused-ring (bicyclic) bond motifs is 1. The van der Waals surface area contributed by atoms with Crippen molar-refractivity contribution in [3.05, 3.63) is 114 Å². The number of aromatic nitrogens is 1. The van der Waals surface area contributed by atoms with Gasteiger partial charge in [-0.2, -0.15) is 5.10 Å². The van der Waals surface area contributed by atoms with E-state index in [-0.39, 0.29) is 5.91 Å². The molecule has 0 fully saturated rings. The molecule has 0 aliphatic rings. The average Bonchev–Trinajstić information content (AvgIpc) is 3.53. The van der Waals surface area contributed by atoms with Gasteiger partial charge in [0.2, 0.25) is 0 Å². The van der Waals surface area contributed by atoms with Crippen LogP contribution in [0.4, 0.5) is 0 Å². The number of nitrogens with one attached hydrogen (secondary N) is 1. The van der Waals surface area contributed by atoms with Crippen molar-refractivity contribution < 1.29 is 18.7 Å². The number of rotatable bonds is 12. The lowest BCUT2D eigenvalue weighted by molar-refractivity contribution is 0.0956. The summed E-state index contributed by atoms with van der Waals surface area (Å²) in [7, 11) is 1.66. The van der Waals surface area contributed by atoms with Crippen molar-refractivity contribution in [3.8, 4) is 22.8 Å². The molecule has 1 N–H and O–H groups in total. The number of ether oxygens (including phenoxy) is 2. The van der Waals surface area contributed by atoms with E-state index in [1.807, 2.05) is 78.9 Å². The first-order chi connectivity index (χ1) is 20.1. The standard InChI is InChI=1S/C33H31N3O4S/c1-3-15-39-26-9-6-8-24(18-26)31-19-29(28-11-4-5-12-30(28)35-31)33(37)36-34-20-23-13-14-32(38-2)25(17-23)21-41-22-27-10-7-16-40-27/h4-14,16-20H,3,15,21-22H2,1-2H3,(H,36,37)/b34-20-. The molecule has 0 spiro atoms. The molecule has 3 aromatic carbocycles. The van der Waals surface area contributed by atoms with Gasteiger partial charge < -0.3 is 13.9 Å². The van der Waals surface area contributed by atoms with E-state index < -0.39 is 0 Å². The van der Waals surface area contributed by atoms with Gasteiger partial charge in [-0.1, -0.05) is 37.3 Å².